The van der Waals surface area contributed by atoms with Crippen molar-refractivity contribution < 1.29 is 0 Å². The molecular weight excluding hydrogens is 216 g/mol. The molecule has 1 N–H and O–H groups in total. The van der Waals surface area contributed by atoms with E-state index in [-0.39, 0.29) is 0 Å². The van der Waals surface area contributed by atoms with Gasteiger partial charge in [0, 0.05) is 18.6 Å². The van der Waals surface area contributed by atoms with Crippen LogP contribution in [0.3, 0.4) is 0 Å². The second-order valence-corrected chi connectivity index (χ2v) is 3.95. The standard InChI is InChI=1S/C10H13ClN2S/c1-12-10(14-2)13-7-8-4-3-5-9(11)6-8/h3-6H,7H2,1-2H3,(H,12,13). The average Bonchev–Trinajstić information content (AvgIpc) is 2.19. The maximum atomic E-state index is 5.86. The molecule has 1 aromatic rings. The van der Waals surface area contributed by atoms with Crippen molar-refractivity contribution in [3.63, 3.8) is 0 Å². The third-order valence-electron chi connectivity index (χ3n) is 1.73. The zero-order valence-corrected chi connectivity index (χ0v) is 9.82. The van der Waals surface area contributed by atoms with Crippen LogP contribution in [-0.4, -0.2) is 18.5 Å². The molecule has 0 fully saturated rings. The summed E-state index contributed by atoms with van der Waals surface area (Å²) in [4.78, 5) is 4.08. The molecule has 0 aliphatic heterocycles. The molecule has 0 amide bonds. The second kappa shape index (κ2) is 5.94. The minimum atomic E-state index is 0.758. The fourth-order valence-corrected chi connectivity index (χ4v) is 1.68. The van der Waals surface area contributed by atoms with Crippen molar-refractivity contribution in [3.05, 3.63) is 34.9 Å². The van der Waals surface area contributed by atoms with Gasteiger partial charge < -0.3 is 5.32 Å². The Balaban J connectivity index is 2.53. The molecule has 0 aliphatic rings. The lowest BCUT2D eigenvalue weighted by Gasteiger charge is -2.06. The van der Waals surface area contributed by atoms with Gasteiger partial charge in [-0.3, -0.25) is 4.99 Å². The molecule has 0 unspecified atom stereocenters. The predicted octanol–water partition coefficient (Wildman–Crippen LogP) is 2.78. The summed E-state index contributed by atoms with van der Waals surface area (Å²) in [5, 5.41) is 4.92. The normalized spacial score (nSPS) is 11.5. The van der Waals surface area contributed by atoms with Gasteiger partial charge >= 0.3 is 0 Å². The zero-order chi connectivity index (χ0) is 10.4. The molecule has 0 spiro atoms. The van der Waals surface area contributed by atoms with Crippen LogP contribution < -0.4 is 5.32 Å². The van der Waals surface area contributed by atoms with E-state index in [1.807, 2.05) is 30.5 Å². The minimum Gasteiger partial charge on any atom is -0.361 e. The van der Waals surface area contributed by atoms with Crippen molar-refractivity contribution >= 4 is 28.5 Å². The monoisotopic (exact) mass is 228 g/mol. The minimum absolute atomic E-state index is 0.758. The van der Waals surface area contributed by atoms with Crippen LogP contribution in [0.1, 0.15) is 5.56 Å². The lowest BCUT2D eigenvalue weighted by atomic mass is 10.2. The summed E-state index contributed by atoms with van der Waals surface area (Å²) in [5.74, 6) is 0. The zero-order valence-electron chi connectivity index (χ0n) is 8.25. The van der Waals surface area contributed by atoms with Gasteiger partial charge in [0.15, 0.2) is 5.17 Å². The number of aliphatic imine (C=N–C) groups is 1. The SMILES string of the molecule is CN=C(NCc1cccc(Cl)c1)SC. The first-order chi connectivity index (χ1) is 6.76. The number of benzene rings is 1. The van der Waals surface area contributed by atoms with Gasteiger partial charge in [0.25, 0.3) is 0 Å². The van der Waals surface area contributed by atoms with Gasteiger partial charge in [-0.25, -0.2) is 0 Å². The van der Waals surface area contributed by atoms with Crippen molar-refractivity contribution in [1.29, 1.82) is 0 Å². The van der Waals surface area contributed by atoms with E-state index in [0.717, 1.165) is 22.3 Å². The van der Waals surface area contributed by atoms with Gasteiger partial charge in [-0.2, -0.15) is 0 Å². The molecule has 1 aromatic carbocycles. The summed E-state index contributed by atoms with van der Waals surface area (Å²) < 4.78 is 0. The summed E-state index contributed by atoms with van der Waals surface area (Å²) in [5.41, 5.74) is 1.16. The van der Waals surface area contributed by atoms with Crippen LogP contribution in [0.2, 0.25) is 5.02 Å². The molecule has 2 nitrogen and oxygen atoms in total. The van der Waals surface area contributed by atoms with Crippen LogP contribution >= 0.6 is 23.4 Å². The van der Waals surface area contributed by atoms with E-state index in [2.05, 4.69) is 10.3 Å². The Morgan fingerprint density at radius 3 is 2.93 bits per heavy atom. The van der Waals surface area contributed by atoms with Crippen LogP contribution in [-0.2, 0) is 6.54 Å². The number of nitrogens with one attached hydrogen (secondary N) is 1. The number of nitrogens with zero attached hydrogens (tertiary/aromatic N) is 1. The molecule has 0 bridgehead atoms. The van der Waals surface area contributed by atoms with Crippen LogP contribution in [0.25, 0.3) is 0 Å². The topological polar surface area (TPSA) is 24.4 Å². The van der Waals surface area contributed by atoms with Gasteiger partial charge in [0.2, 0.25) is 0 Å². The molecule has 0 aromatic heterocycles. The molecule has 1 rings (SSSR count). The largest absolute Gasteiger partial charge is 0.361 e. The summed E-state index contributed by atoms with van der Waals surface area (Å²) in [6, 6.07) is 7.80. The molecule has 0 aliphatic carbocycles. The van der Waals surface area contributed by atoms with E-state index < -0.39 is 0 Å². The number of rotatable bonds is 2. The molecule has 0 radical (unpaired) electrons. The first-order valence-corrected chi connectivity index (χ1v) is 5.85. The Morgan fingerprint density at radius 2 is 2.36 bits per heavy atom. The maximum Gasteiger partial charge on any atom is 0.156 e. The van der Waals surface area contributed by atoms with Gasteiger partial charge in [-0.15, -0.1) is 0 Å². The second-order valence-electron chi connectivity index (χ2n) is 2.72. The molecule has 0 saturated carbocycles. The third kappa shape index (κ3) is 3.60. The quantitative estimate of drug-likeness (QED) is 0.622. The van der Waals surface area contributed by atoms with Gasteiger partial charge in [-0.1, -0.05) is 35.5 Å². The summed E-state index contributed by atoms with van der Waals surface area (Å²) in [6.07, 6.45) is 1.99. The van der Waals surface area contributed by atoms with E-state index in [9.17, 15) is 0 Å². The number of amidine groups is 1. The van der Waals surface area contributed by atoms with E-state index in [1.54, 1.807) is 18.8 Å². The summed E-state index contributed by atoms with van der Waals surface area (Å²) in [7, 11) is 1.77. The maximum absolute atomic E-state index is 5.86. The smallest absolute Gasteiger partial charge is 0.156 e. The number of thioether (sulfide) groups is 1. The lowest BCUT2D eigenvalue weighted by molar-refractivity contribution is 0.925. The predicted molar refractivity (Wildman–Crippen MR) is 65.2 cm³/mol. The number of halogens is 1. The fraction of sp³-hybridized carbons (Fsp3) is 0.300. The van der Waals surface area contributed by atoms with E-state index in [4.69, 9.17) is 11.6 Å². The average molecular weight is 229 g/mol. The van der Waals surface area contributed by atoms with Crippen LogP contribution in [0.4, 0.5) is 0 Å². The van der Waals surface area contributed by atoms with Crippen molar-refractivity contribution in [2.75, 3.05) is 13.3 Å². The van der Waals surface area contributed by atoms with Crippen LogP contribution in [0.15, 0.2) is 29.3 Å². The molecule has 0 heterocycles. The van der Waals surface area contributed by atoms with Crippen molar-refractivity contribution in [3.8, 4) is 0 Å². The number of hydrogen-bond donors (Lipinski definition) is 1. The summed E-state index contributed by atoms with van der Waals surface area (Å²) in [6.45, 7) is 0.758. The number of hydrogen-bond acceptors (Lipinski definition) is 2. The fourth-order valence-electron chi connectivity index (χ4n) is 1.07. The Kier molecular flexibility index (Phi) is 4.84. The Labute approximate surface area is 93.8 Å². The lowest BCUT2D eigenvalue weighted by Crippen LogP contribution is -2.19. The van der Waals surface area contributed by atoms with Gasteiger partial charge in [0.05, 0.1) is 0 Å². The Morgan fingerprint density at radius 1 is 1.57 bits per heavy atom. The first-order valence-electron chi connectivity index (χ1n) is 4.25. The van der Waals surface area contributed by atoms with Crippen molar-refractivity contribution in [1.82, 2.24) is 5.32 Å². The molecule has 0 atom stereocenters. The molecule has 4 heteroatoms. The highest BCUT2D eigenvalue weighted by atomic mass is 35.5. The van der Waals surface area contributed by atoms with E-state index in [0.29, 0.717) is 0 Å². The molecule has 76 valence electrons. The van der Waals surface area contributed by atoms with E-state index >= 15 is 0 Å². The van der Waals surface area contributed by atoms with Crippen molar-refractivity contribution in [2.24, 2.45) is 4.99 Å². The van der Waals surface area contributed by atoms with Gasteiger partial charge in [0.1, 0.15) is 0 Å². The first kappa shape index (κ1) is 11.4. The van der Waals surface area contributed by atoms with Gasteiger partial charge in [-0.05, 0) is 24.0 Å². The molecular formula is C10H13ClN2S. The van der Waals surface area contributed by atoms with Crippen molar-refractivity contribution in [2.45, 2.75) is 6.54 Å². The third-order valence-corrected chi connectivity index (χ3v) is 2.68. The highest BCUT2D eigenvalue weighted by Crippen LogP contribution is 2.10. The van der Waals surface area contributed by atoms with Crippen LogP contribution in [0, 0.1) is 0 Å². The molecule has 14 heavy (non-hydrogen) atoms. The highest BCUT2D eigenvalue weighted by molar-refractivity contribution is 8.13. The molecule has 0 saturated heterocycles. The summed E-state index contributed by atoms with van der Waals surface area (Å²) >= 11 is 7.46. The highest BCUT2D eigenvalue weighted by Gasteiger charge is 1.96. The van der Waals surface area contributed by atoms with E-state index in [1.165, 1.54) is 0 Å². The Hall–Kier alpha value is -0.670. The van der Waals surface area contributed by atoms with Crippen LogP contribution in [0.5, 0.6) is 0 Å². The Bertz CT molecular complexity index is 326.